The van der Waals surface area contributed by atoms with Crippen molar-refractivity contribution in [2.24, 2.45) is 0 Å². The van der Waals surface area contributed by atoms with Crippen LogP contribution < -0.4 is 0 Å². The van der Waals surface area contributed by atoms with Crippen LogP contribution in [0.1, 0.15) is 0 Å². The molecule has 0 amide bonds. The molecule has 3 heterocycles. The minimum Gasteiger partial charge on any atom is -0.456 e. The molecule has 3 aromatic heterocycles. The Morgan fingerprint density at radius 3 is 1.81 bits per heavy atom. The predicted molar refractivity (Wildman–Crippen MR) is 213 cm³/mol. The van der Waals surface area contributed by atoms with Crippen LogP contribution in [0.3, 0.4) is 0 Å². The summed E-state index contributed by atoms with van der Waals surface area (Å²) in [6.45, 7) is 0. The molecule has 0 aliphatic heterocycles. The highest BCUT2D eigenvalue weighted by atomic mass is 16.3. The second-order valence-corrected chi connectivity index (χ2v) is 13.2. The van der Waals surface area contributed by atoms with E-state index in [-0.39, 0.29) is 0 Å². The van der Waals surface area contributed by atoms with Gasteiger partial charge in [0.15, 0.2) is 17.5 Å². The first-order valence-corrected chi connectivity index (χ1v) is 17.5. The van der Waals surface area contributed by atoms with Gasteiger partial charge in [0, 0.05) is 55.4 Å². The molecule has 0 bridgehead atoms. The molecule has 0 atom stereocenters. The third-order valence-electron chi connectivity index (χ3n) is 10.2. The molecule has 0 aliphatic rings. The second kappa shape index (κ2) is 11.2. The Morgan fingerprint density at radius 2 is 1.02 bits per heavy atom. The molecule has 0 fully saturated rings. The summed E-state index contributed by atoms with van der Waals surface area (Å²) in [4.78, 5) is 15.0. The molecule has 11 aromatic rings. The van der Waals surface area contributed by atoms with Gasteiger partial charge in [0.2, 0.25) is 0 Å². The van der Waals surface area contributed by atoms with Gasteiger partial charge >= 0.3 is 0 Å². The fourth-order valence-corrected chi connectivity index (χ4v) is 7.88. The van der Waals surface area contributed by atoms with Gasteiger partial charge in [-0.05, 0) is 40.4 Å². The molecule has 11 rings (SSSR count). The third kappa shape index (κ3) is 4.33. The van der Waals surface area contributed by atoms with Crippen LogP contribution in [0.5, 0.6) is 0 Å². The fraction of sp³-hybridized carbons (Fsp3) is 0. The van der Waals surface area contributed by atoms with E-state index in [1.165, 1.54) is 37.8 Å². The van der Waals surface area contributed by atoms with Gasteiger partial charge in [0.1, 0.15) is 11.2 Å². The highest BCUT2D eigenvalue weighted by molar-refractivity contribution is 6.23. The van der Waals surface area contributed by atoms with E-state index in [4.69, 9.17) is 19.4 Å². The van der Waals surface area contributed by atoms with Crippen molar-refractivity contribution in [2.45, 2.75) is 0 Å². The first kappa shape index (κ1) is 28.7. The van der Waals surface area contributed by atoms with E-state index in [1.54, 1.807) is 0 Å². The van der Waals surface area contributed by atoms with Crippen LogP contribution in [-0.4, -0.2) is 19.5 Å². The number of para-hydroxylation sites is 1. The van der Waals surface area contributed by atoms with Crippen molar-refractivity contribution >= 4 is 65.3 Å². The van der Waals surface area contributed by atoms with E-state index in [0.29, 0.717) is 17.5 Å². The molecule has 8 aromatic carbocycles. The zero-order chi connectivity index (χ0) is 34.2. The molecule has 5 heteroatoms. The average Bonchev–Trinajstić information content (AvgIpc) is 3.77. The quantitative estimate of drug-likeness (QED) is 0.176. The van der Waals surface area contributed by atoms with E-state index in [2.05, 4.69) is 102 Å². The van der Waals surface area contributed by atoms with Gasteiger partial charge in [0.05, 0.1) is 11.0 Å². The molecule has 0 aliphatic carbocycles. The molecule has 0 spiro atoms. The predicted octanol–water partition coefficient (Wildman–Crippen LogP) is 12.2. The van der Waals surface area contributed by atoms with Gasteiger partial charge in [-0.25, -0.2) is 15.0 Å². The largest absolute Gasteiger partial charge is 0.456 e. The zero-order valence-corrected chi connectivity index (χ0v) is 27.9. The molecule has 52 heavy (non-hydrogen) atoms. The van der Waals surface area contributed by atoms with Crippen molar-refractivity contribution in [3.8, 4) is 39.9 Å². The molecular weight excluding hydrogens is 637 g/mol. The molecule has 0 N–H and O–H groups in total. The Morgan fingerprint density at radius 1 is 0.404 bits per heavy atom. The van der Waals surface area contributed by atoms with E-state index >= 15 is 0 Å². The van der Waals surface area contributed by atoms with Crippen molar-refractivity contribution < 1.29 is 4.42 Å². The van der Waals surface area contributed by atoms with Crippen LogP contribution in [0.2, 0.25) is 0 Å². The maximum Gasteiger partial charge on any atom is 0.164 e. The summed E-state index contributed by atoms with van der Waals surface area (Å²) < 4.78 is 9.06. The molecule has 5 nitrogen and oxygen atoms in total. The molecule has 0 unspecified atom stereocenters. The van der Waals surface area contributed by atoms with Crippen LogP contribution in [0, 0.1) is 0 Å². The average molecular weight is 665 g/mol. The van der Waals surface area contributed by atoms with Crippen molar-refractivity contribution in [3.63, 3.8) is 0 Å². The van der Waals surface area contributed by atoms with Gasteiger partial charge < -0.3 is 8.98 Å². The van der Waals surface area contributed by atoms with Gasteiger partial charge in [0.25, 0.3) is 0 Å². The molecule has 242 valence electrons. The van der Waals surface area contributed by atoms with E-state index in [1.807, 2.05) is 72.8 Å². The van der Waals surface area contributed by atoms with Crippen molar-refractivity contribution in [1.29, 1.82) is 0 Å². The highest BCUT2D eigenvalue weighted by Gasteiger charge is 2.20. The number of fused-ring (bicyclic) bond motifs is 10. The molecule has 0 saturated carbocycles. The second-order valence-electron chi connectivity index (χ2n) is 13.2. The summed E-state index contributed by atoms with van der Waals surface area (Å²) in [7, 11) is 0. The lowest BCUT2D eigenvalue weighted by Crippen LogP contribution is -2.00. The lowest BCUT2D eigenvalue weighted by molar-refractivity contribution is 0.668. The Labute approximate surface area is 298 Å². The Kier molecular flexibility index (Phi) is 6.18. The summed E-state index contributed by atoms with van der Waals surface area (Å²) in [6.07, 6.45) is 0. The van der Waals surface area contributed by atoms with Crippen LogP contribution in [0.15, 0.2) is 174 Å². The summed E-state index contributed by atoms with van der Waals surface area (Å²) in [5.74, 6) is 1.86. The number of nitrogens with zero attached hydrogens (tertiary/aromatic N) is 4. The van der Waals surface area contributed by atoms with E-state index in [0.717, 1.165) is 49.8 Å². The number of benzene rings is 8. The van der Waals surface area contributed by atoms with Gasteiger partial charge in [-0.15, -0.1) is 0 Å². The van der Waals surface area contributed by atoms with Gasteiger partial charge in [-0.1, -0.05) is 140 Å². The number of aromatic nitrogens is 4. The maximum atomic E-state index is 6.67. The van der Waals surface area contributed by atoms with Crippen LogP contribution >= 0.6 is 0 Å². The van der Waals surface area contributed by atoms with Gasteiger partial charge in [-0.2, -0.15) is 0 Å². The molecule has 0 saturated heterocycles. The van der Waals surface area contributed by atoms with Crippen LogP contribution in [0.4, 0.5) is 0 Å². The molecular formula is C47H28N4O. The minimum absolute atomic E-state index is 0.603. The maximum absolute atomic E-state index is 6.67. The minimum atomic E-state index is 0.603. The first-order valence-electron chi connectivity index (χ1n) is 17.5. The van der Waals surface area contributed by atoms with E-state index < -0.39 is 0 Å². The standard InChI is InChI=1S/C47H28N4O/c1-3-13-30(14-4-1)45-48-46(31-15-5-2-6-16-31)50-47(49-45)39-19-11-21-41-43(39)38-25-23-32(28-42(38)52-41)51-40-20-10-9-18-35(40)37-27-26-34-33-17-8-7-12-29(33)22-24-36(34)44(37)51/h1-28H. The summed E-state index contributed by atoms with van der Waals surface area (Å²) in [6, 6.07) is 59.1. The summed E-state index contributed by atoms with van der Waals surface area (Å²) in [5.41, 5.74) is 7.74. The van der Waals surface area contributed by atoms with Crippen molar-refractivity contribution in [2.75, 3.05) is 0 Å². The number of hydrogen-bond acceptors (Lipinski definition) is 4. The molecule has 0 radical (unpaired) electrons. The SMILES string of the molecule is c1ccc(-c2nc(-c3ccccc3)nc(-c3cccc4oc5cc(-n6c7ccccc7c7ccc8c9ccccc9ccc8c76)ccc5c34)n2)cc1. The smallest absolute Gasteiger partial charge is 0.164 e. The topological polar surface area (TPSA) is 56.7 Å². The van der Waals surface area contributed by atoms with Crippen molar-refractivity contribution in [1.82, 2.24) is 19.5 Å². The normalized spacial score (nSPS) is 11.8. The first-order chi connectivity index (χ1) is 25.8. The Hall–Kier alpha value is -7.11. The Balaban J connectivity index is 1.15. The summed E-state index contributed by atoms with van der Waals surface area (Å²) >= 11 is 0. The van der Waals surface area contributed by atoms with Crippen LogP contribution in [0.25, 0.3) is 105 Å². The number of hydrogen-bond donors (Lipinski definition) is 0. The van der Waals surface area contributed by atoms with E-state index in [9.17, 15) is 0 Å². The highest BCUT2D eigenvalue weighted by Crippen LogP contribution is 2.41. The summed E-state index contributed by atoms with van der Waals surface area (Å²) in [5, 5.41) is 9.39. The Bertz CT molecular complexity index is 3120. The fourth-order valence-electron chi connectivity index (χ4n) is 7.88. The van der Waals surface area contributed by atoms with Crippen molar-refractivity contribution in [3.05, 3.63) is 170 Å². The van der Waals surface area contributed by atoms with Gasteiger partial charge in [-0.3, -0.25) is 0 Å². The lowest BCUT2D eigenvalue weighted by Gasteiger charge is -2.11. The number of furan rings is 1. The monoisotopic (exact) mass is 664 g/mol. The lowest BCUT2D eigenvalue weighted by atomic mass is 9.99. The third-order valence-corrected chi connectivity index (χ3v) is 10.2. The zero-order valence-electron chi connectivity index (χ0n) is 27.9. The number of rotatable bonds is 4. The van der Waals surface area contributed by atoms with Crippen LogP contribution in [-0.2, 0) is 0 Å².